The van der Waals surface area contributed by atoms with Crippen LogP contribution in [0.15, 0.2) is 36.4 Å². The molecule has 1 heterocycles. The molecule has 2 N–H and O–H groups in total. The number of ketones is 1. The fraction of sp³-hybridized carbons (Fsp3) is 0.455. The number of amides is 1. The van der Waals surface area contributed by atoms with E-state index in [9.17, 15) is 9.59 Å². The Kier molecular flexibility index (Phi) is 6.60. The van der Waals surface area contributed by atoms with Crippen molar-refractivity contribution in [1.29, 1.82) is 0 Å². The molecule has 5 nitrogen and oxygen atoms in total. The molecule has 0 aliphatic heterocycles. The summed E-state index contributed by atoms with van der Waals surface area (Å²) in [6.45, 7) is 11.2. The summed E-state index contributed by atoms with van der Waals surface area (Å²) in [6.07, 6.45) is 0. The van der Waals surface area contributed by atoms with Gasteiger partial charge in [0.2, 0.25) is 5.78 Å². The highest BCUT2D eigenvalue weighted by Gasteiger charge is 2.22. The minimum absolute atomic E-state index is 0.0395. The van der Waals surface area contributed by atoms with Crippen LogP contribution in [0.2, 0.25) is 0 Å². The first-order chi connectivity index (χ1) is 12.6. The zero-order valence-electron chi connectivity index (χ0n) is 17.3. The Labute approximate surface area is 162 Å². The maximum Gasteiger partial charge on any atom is 0.275 e. The van der Waals surface area contributed by atoms with Gasteiger partial charge in [0, 0.05) is 29.0 Å². The third-order valence-electron chi connectivity index (χ3n) is 4.50. The molecule has 146 valence electrons. The van der Waals surface area contributed by atoms with Crippen molar-refractivity contribution in [2.75, 3.05) is 20.1 Å². The number of carbonyl (C=O) groups is 2. The van der Waals surface area contributed by atoms with Crippen molar-refractivity contribution in [2.24, 2.45) is 0 Å². The maximum atomic E-state index is 12.8. The highest BCUT2D eigenvalue weighted by atomic mass is 16.2. The zero-order chi connectivity index (χ0) is 20.2. The molecule has 0 fully saturated rings. The highest BCUT2D eigenvalue weighted by Crippen LogP contribution is 2.17. The lowest BCUT2D eigenvalue weighted by Crippen LogP contribution is -3.11. The number of carbonyl (C=O) groups excluding carboxylic acids is 2. The zero-order valence-corrected chi connectivity index (χ0v) is 17.3. The molecule has 0 bridgehead atoms. The van der Waals surface area contributed by atoms with Crippen molar-refractivity contribution in [3.63, 3.8) is 0 Å². The average Bonchev–Trinajstić information content (AvgIpc) is 2.82. The van der Waals surface area contributed by atoms with E-state index in [1.54, 1.807) is 0 Å². The summed E-state index contributed by atoms with van der Waals surface area (Å²) < 4.78 is 2.17. The van der Waals surface area contributed by atoms with Gasteiger partial charge in [0.05, 0.1) is 7.05 Å². The molecule has 1 aromatic heterocycles. The Morgan fingerprint density at radius 1 is 1.07 bits per heavy atom. The topological polar surface area (TPSA) is 55.5 Å². The third kappa shape index (κ3) is 6.07. The van der Waals surface area contributed by atoms with Crippen LogP contribution in [0, 0.1) is 13.8 Å². The van der Waals surface area contributed by atoms with E-state index >= 15 is 0 Å². The Balaban J connectivity index is 2.04. The SMILES string of the molecule is Cc1cc(C(=O)C[NH+](C)CC(=O)NC(C)(C)C)c(C)n1Cc1ccccc1. The molecule has 2 aromatic rings. The Morgan fingerprint density at radius 3 is 2.30 bits per heavy atom. The second-order valence-corrected chi connectivity index (χ2v) is 8.39. The number of hydrogen-bond donors (Lipinski definition) is 2. The van der Waals surface area contributed by atoms with Crippen molar-refractivity contribution >= 4 is 11.7 Å². The number of quaternary nitrogens is 1. The molecular formula is C22H32N3O2+. The summed E-state index contributed by atoms with van der Waals surface area (Å²) in [5.74, 6) is 0.0332. The smallest absolute Gasteiger partial charge is 0.275 e. The number of nitrogens with one attached hydrogen (secondary N) is 2. The van der Waals surface area contributed by atoms with Gasteiger partial charge in [-0.1, -0.05) is 30.3 Å². The van der Waals surface area contributed by atoms with E-state index in [4.69, 9.17) is 0 Å². The van der Waals surface area contributed by atoms with Crippen LogP contribution in [0.4, 0.5) is 0 Å². The van der Waals surface area contributed by atoms with Crippen LogP contribution >= 0.6 is 0 Å². The molecule has 0 aliphatic rings. The average molecular weight is 371 g/mol. The molecule has 0 saturated carbocycles. The largest absolute Gasteiger partial charge is 0.347 e. The van der Waals surface area contributed by atoms with Crippen molar-refractivity contribution < 1.29 is 14.5 Å². The molecule has 1 unspecified atom stereocenters. The molecule has 27 heavy (non-hydrogen) atoms. The number of hydrogen-bond acceptors (Lipinski definition) is 2. The standard InChI is InChI=1S/C22H31N3O2/c1-16-12-19(17(2)25(16)13-18-10-8-7-9-11-18)20(26)14-24(6)15-21(27)23-22(3,4)5/h7-12H,13-15H2,1-6H3,(H,23,27)/p+1. The molecular weight excluding hydrogens is 338 g/mol. The van der Waals surface area contributed by atoms with Gasteiger partial charge in [-0.2, -0.15) is 0 Å². The summed E-state index contributed by atoms with van der Waals surface area (Å²) in [6, 6.07) is 12.2. The van der Waals surface area contributed by atoms with E-state index in [-0.39, 0.29) is 23.8 Å². The first-order valence-corrected chi connectivity index (χ1v) is 9.43. The maximum absolute atomic E-state index is 12.8. The summed E-state index contributed by atoms with van der Waals surface area (Å²) in [5.41, 5.74) is 3.75. The normalized spacial score (nSPS) is 12.7. The van der Waals surface area contributed by atoms with E-state index < -0.39 is 0 Å². The Morgan fingerprint density at radius 2 is 1.70 bits per heavy atom. The highest BCUT2D eigenvalue weighted by molar-refractivity contribution is 5.98. The minimum Gasteiger partial charge on any atom is -0.347 e. The van der Waals surface area contributed by atoms with Crippen LogP contribution < -0.4 is 10.2 Å². The van der Waals surface area contributed by atoms with Gasteiger partial charge in [0.1, 0.15) is 6.54 Å². The lowest BCUT2D eigenvalue weighted by Gasteiger charge is -2.21. The van der Waals surface area contributed by atoms with Crippen molar-refractivity contribution in [2.45, 2.75) is 46.7 Å². The van der Waals surface area contributed by atoms with E-state index in [0.29, 0.717) is 6.54 Å². The predicted octanol–water partition coefficient (Wildman–Crippen LogP) is 1.77. The lowest BCUT2D eigenvalue weighted by molar-refractivity contribution is -0.862. The van der Waals surface area contributed by atoms with Crippen molar-refractivity contribution in [1.82, 2.24) is 9.88 Å². The fourth-order valence-corrected chi connectivity index (χ4v) is 3.26. The van der Waals surface area contributed by atoms with Gasteiger partial charge in [0.25, 0.3) is 5.91 Å². The molecule has 0 aliphatic carbocycles. The number of Topliss-reactive ketones (excluding diaryl/α,β-unsaturated/α-hetero) is 1. The molecule has 0 saturated heterocycles. The van der Waals surface area contributed by atoms with Gasteiger partial charge < -0.3 is 14.8 Å². The number of aryl methyl sites for hydroxylation is 1. The van der Waals surface area contributed by atoms with E-state index in [1.807, 2.05) is 65.9 Å². The van der Waals surface area contributed by atoms with Gasteiger partial charge in [-0.25, -0.2) is 0 Å². The van der Waals surface area contributed by atoms with E-state index in [2.05, 4.69) is 22.0 Å². The van der Waals surface area contributed by atoms with Crippen molar-refractivity contribution in [3.05, 3.63) is 58.9 Å². The summed E-state index contributed by atoms with van der Waals surface area (Å²) >= 11 is 0. The summed E-state index contributed by atoms with van der Waals surface area (Å²) in [7, 11) is 1.88. The van der Waals surface area contributed by atoms with Crippen LogP contribution in [-0.2, 0) is 11.3 Å². The molecule has 1 amide bonds. The molecule has 1 atom stereocenters. The molecule has 1 aromatic carbocycles. The second-order valence-electron chi connectivity index (χ2n) is 8.39. The van der Waals surface area contributed by atoms with Gasteiger partial charge in [-0.15, -0.1) is 0 Å². The molecule has 0 radical (unpaired) electrons. The van der Waals surface area contributed by atoms with Crippen LogP contribution in [0.3, 0.4) is 0 Å². The van der Waals surface area contributed by atoms with Gasteiger partial charge >= 0.3 is 0 Å². The predicted molar refractivity (Wildman–Crippen MR) is 108 cm³/mol. The molecule has 2 rings (SSSR count). The second kappa shape index (κ2) is 8.53. The quantitative estimate of drug-likeness (QED) is 0.730. The van der Waals surface area contributed by atoms with Crippen LogP contribution in [-0.4, -0.2) is 41.9 Å². The van der Waals surface area contributed by atoms with Gasteiger partial charge in [-0.3, -0.25) is 9.59 Å². The number of benzene rings is 1. The summed E-state index contributed by atoms with van der Waals surface area (Å²) in [5, 5.41) is 2.94. The first kappa shape index (κ1) is 20.9. The number of aromatic nitrogens is 1. The minimum atomic E-state index is -0.260. The monoisotopic (exact) mass is 370 g/mol. The Bertz CT molecular complexity index is 801. The van der Waals surface area contributed by atoms with Crippen LogP contribution in [0.25, 0.3) is 0 Å². The summed E-state index contributed by atoms with van der Waals surface area (Å²) in [4.78, 5) is 25.7. The molecule has 5 heteroatoms. The first-order valence-electron chi connectivity index (χ1n) is 9.43. The number of nitrogens with zero attached hydrogens (tertiary/aromatic N) is 1. The third-order valence-corrected chi connectivity index (χ3v) is 4.50. The van der Waals surface area contributed by atoms with Crippen molar-refractivity contribution in [3.8, 4) is 0 Å². The van der Waals surface area contributed by atoms with E-state index in [0.717, 1.165) is 28.4 Å². The fourth-order valence-electron chi connectivity index (χ4n) is 3.26. The van der Waals surface area contributed by atoms with Crippen LogP contribution in [0.5, 0.6) is 0 Å². The number of rotatable bonds is 7. The Hall–Kier alpha value is -2.40. The van der Waals surface area contributed by atoms with E-state index in [1.165, 1.54) is 5.56 Å². The van der Waals surface area contributed by atoms with Gasteiger partial charge in [-0.05, 0) is 46.2 Å². The van der Waals surface area contributed by atoms with Crippen LogP contribution in [0.1, 0.15) is 48.1 Å². The van der Waals surface area contributed by atoms with Gasteiger partial charge in [0.15, 0.2) is 6.54 Å². The number of likely N-dealkylation sites (N-methyl/N-ethyl adjacent to an activating group) is 1. The lowest BCUT2D eigenvalue weighted by atomic mass is 10.1. The molecule has 0 spiro atoms.